The molecule has 0 aromatic carbocycles. The van der Waals surface area contributed by atoms with Crippen LogP contribution in [0.15, 0.2) is 0 Å². The average Bonchev–Trinajstić information content (AvgIpc) is 2.56. The molecule has 0 aliphatic carbocycles. The first kappa shape index (κ1) is 14.2. The van der Waals surface area contributed by atoms with Gasteiger partial charge in [-0.3, -0.25) is 14.8 Å². The summed E-state index contributed by atoms with van der Waals surface area (Å²) in [4.78, 5) is 11.0. The fraction of sp³-hybridized carbons (Fsp3) is 0.727. The molecule has 1 aromatic rings. The highest BCUT2D eigenvalue weighted by Crippen LogP contribution is 2.36. The fourth-order valence-corrected chi connectivity index (χ4v) is 2.78. The molecule has 0 saturated heterocycles. The van der Waals surface area contributed by atoms with Gasteiger partial charge < -0.3 is 0 Å². The molecule has 96 valence electrons. The van der Waals surface area contributed by atoms with E-state index in [2.05, 4.69) is 21.0 Å². The van der Waals surface area contributed by atoms with Crippen LogP contribution in [0.25, 0.3) is 0 Å². The van der Waals surface area contributed by atoms with Crippen LogP contribution in [0, 0.1) is 17.0 Å². The third-order valence-electron chi connectivity index (χ3n) is 2.96. The van der Waals surface area contributed by atoms with E-state index in [1.54, 1.807) is 11.6 Å². The van der Waals surface area contributed by atoms with E-state index in [1.807, 2.05) is 20.8 Å². The van der Waals surface area contributed by atoms with Crippen LogP contribution in [-0.2, 0) is 6.54 Å². The highest BCUT2D eigenvalue weighted by Gasteiger charge is 2.31. The zero-order valence-electron chi connectivity index (χ0n) is 10.6. The average molecular weight is 304 g/mol. The molecule has 0 N–H and O–H groups in total. The van der Waals surface area contributed by atoms with Gasteiger partial charge in [0.2, 0.25) is 0 Å². The van der Waals surface area contributed by atoms with Crippen molar-refractivity contribution in [3.63, 3.8) is 0 Å². The Morgan fingerprint density at radius 1 is 1.53 bits per heavy atom. The fourth-order valence-electron chi connectivity index (χ4n) is 2.16. The number of rotatable bonds is 5. The summed E-state index contributed by atoms with van der Waals surface area (Å²) in [5.74, 6) is 0.108. The SMILES string of the molecule is CCC(c1c([N+](=O)[O-])c(C)nn1CC)C(C)Br. The number of aromatic nitrogens is 2. The molecule has 6 heteroatoms. The topological polar surface area (TPSA) is 61.0 Å². The number of hydrogen-bond acceptors (Lipinski definition) is 3. The van der Waals surface area contributed by atoms with Gasteiger partial charge in [0.1, 0.15) is 11.4 Å². The monoisotopic (exact) mass is 303 g/mol. The molecule has 1 heterocycles. The van der Waals surface area contributed by atoms with Crippen molar-refractivity contribution in [3.8, 4) is 0 Å². The van der Waals surface area contributed by atoms with Gasteiger partial charge in [-0.1, -0.05) is 29.8 Å². The Balaban J connectivity index is 3.41. The molecular formula is C11H18BrN3O2. The summed E-state index contributed by atoms with van der Waals surface area (Å²) in [6.45, 7) is 8.35. The molecule has 0 fully saturated rings. The summed E-state index contributed by atoms with van der Waals surface area (Å²) in [5.41, 5.74) is 1.41. The van der Waals surface area contributed by atoms with Crippen LogP contribution in [0.5, 0.6) is 0 Å². The minimum atomic E-state index is -0.318. The Labute approximate surface area is 109 Å². The van der Waals surface area contributed by atoms with Crippen LogP contribution in [0.4, 0.5) is 5.69 Å². The van der Waals surface area contributed by atoms with Crippen LogP contribution in [0.2, 0.25) is 0 Å². The number of halogens is 1. The molecule has 0 amide bonds. The van der Waals surface area contributed by atoms with E-state index < -0.39 is 0 Å². The predicted molar refractivity (Wildman–Crippen MR) is 70.7 cm³/mol. The Bertz CT molecular complexity index is 415. The maximum absolute atomic E-state index is 11.2. The van der Waals surface area contributed by atoms with Crippen LogP contribution in [-0.4, -0.2) is 19.5 Å². The highest BCUT2D eigenvalue weighted by atomic mass is 79.9. The van der Waals surface area contributed by atoms with Crippen molar-refractivity contribution in [2.24, 2.45) is 0 Å². The molecule has 0 spiro atoms. The largest absolute Gasteiger partial charge is 0.313 e. The number of aryl methyl sites for hydroxylation is 2. The molecule has 2 unspecified atom stereocenters. The second-order valence-corrected chi connectivity index (χ2v) is 5.53. The first-order chi connectivity index (χ1) is 7.93. The molecule has 2 atom stereocenters. The number of alkyl halides is 1. The third kappa shape index (κ3) is 2.68. The van der Waals surface area contributed by atoms with Gasteiger partial charge in [0, 0.05) is 17.3 Å². The number of nitrogens with zero attached hydrogens (tertiary/aromatic N) is 3. The molecule has 5 nitrogen and oxygen atoms in total. The lowest BCUT2D eigenvalue weighted by Gasteiger charge is -2.18. The maximum atomic E-state index is 11.2. The van der Waals surface area contributed by atoms with Crippen molar-refractivity contribution >= 4 is 21.6 Å². The van der Waals surface area contributed by atoms with Crippen molar-refractivity contribution in [1.82, 2.24) is 9.78 Å². The summed E-state index contributed by atoms with van der Waals surface area (Å²) in [5, 5.41) is 15.4. The van der Waals surface area contributed by atoms with Crippen molar-refractivity contribution < 1.29 is 4.92 Å². The van der Waals surface area contributed by atoms with Gasteiger partial charge in [-0.2, -0.15) is 5.10 Å². The second-order valence-electron chi connectivity index (χ2n) is 4.08. The second kappa shape index (κ2) is 5.62. The van der Waals surface area contributed by atoms with E-state index in [9.17, 15) is 10.1 Å². The van der Waals surface area contributed by atoms with E-state index in [0.29, 0.717) is 12.2 Å². The zero-order valence-corrected chi connectivity index (χ0v) is 12.2. The normalized spacial score (nSPS) is 14.6. The van der Waals surface area contributed by atoms with E-state index >= 15 is 0 Å². The Morgan fingerprint density at radius 3 is 2.47 bits per heavy atom. The predicted octanol–water partition coefficient (Wildman–Crippen LogP) is 3.40. The molecule has 0 aliphatic rings. The molecule has 1 aromatic heterocycles. The molecule has 0 aliphatic heterocycles. The van der Waals surface area contributed by atoms with Gasteiger partial charge in [0.25, 0.3) is 0 Å². The first-order valence-electron chi connectivity index (χ1n) is 5.79. The summed E-state index contributed by atoms with van der Waals surface area (Å²) in [6.07, 6.45) is 0.846. The van der Waals surface area contributed by atoms with E-state index in [1.165, 1.54) is 0 Å². The number of hydrogen-bond donors (Lipinski definition) is 0. The Morgan fingerprint density at radius 2 is 2.12 bits per heavy atom. The quantitative estimate of drug-likeness (QED) is 0.476. The van der Waals surface area contributed by atoms with Gasteiger partial charge in [0.05, 0.1) is 4.92 Å². The zero-order chi connectivity index (χ0) is 13.2. The van der Waals surface area contributed by atoms with Crippen LogP contribution in [0.3, 0.4) is 0 Å². The first-order valence-corrected chi connectivity index (χ1v) is 6.71. The van der Waals surface area contributed by atoms with Gasteiger partial charge in [-0.05, 0) is 20.3 Å². The van der Waals surface area contributed by atoms with Gasteiger partial charge >= 0.3 is 5.69 Å². The number of nitro groups is 1. The Hall–Kier alpha value is -0.910. The summed E-state index contributed by atoms with van der Waals surface area (Å²) in [7, 11) is 0. The summed E-state index contributed by atoms with van der Waals surface area (Å²) >= 11 is 3.53. The van der Waals surface area contributed by atoms with Gasteiger partial charge in [-0.15, -0.1) is 0 Å². The molecule has 0 radical (unpaired) electrons. The van der Waals surface area contributed by atoms with Crippen molar-refractivity contribution in [2.75, 3.05) is 0 Å². The maximum Gasteiger partial charge on any atom is 0.313 e. The van der Waals surface area contributed by atoms with Crippen molar-refractivity contribution in [1.29, 1.82) is 0 Å². The van der Waals surface area contributed by atoms with Crippen LogP contribution in [0.1, 0.15) is 44.5 Å². The van der Waals surface area contributed by atoms with Crippen molar-refractivity contribution in [3.05, 3.63) is 21.5 Å². The standard InChI is InChI=1S/C11H18BrN3O2/c1-5-9(7(3)12)11-10(15(16)17)8(4)13-14(11)6-2/h7,9H,5-6H2,1-4H3. The lowest BCUT2D eigenvalue weighted by atomic mass is 9.97. The van der Waals surface area contributed by atoms with E-state index in [0.717, 1.165) is 12.1 Å². The summed E-state index contributed by atoms with van der Waals surface area (Å²) < 4.78 is 1.75. The lowest BCUT2D eigenvalue weighted by Crippen LogP contribution is -2.15. The summed E-state index contributed by atoms with van der Waals surface area (Å²) in [6, 6.07) is 0. The van der Waals surface area contributed by atoms with E-state index in [-0.39, 0.29) is 21.4 Å². The minimum absolute atomic E-state index is 0.108. The third-order valence-corrected chi connectivity index (χ3v) is 3.60. The molecule has 1 rings (SSSR count). The van der Waals surface area contributed by atoms with Gasteiger partial charge in [0.15, 0.2) is 0 Å². The van der Waals surface area contributed by atoms with Crippen molar-refractivity contribution in [2.45, 2.75) is 51.4 Å². The smallest absolute Gasteiger partial charge is 0.262 e. The minimum Gasteiger partial charge on any atom is -0.262 e. The lowest BCUT2D eigenvalue weighted by molar-refractivity contribution is -0.386. The van der Waals surface area contributed by atoms with Gasteiger partial charge in [-0.25, -0.2) is 0 Å². The molecular weight excluding hydrogens is 286 g/mol. The van der Waals surface area contributed by atoms with Crippen LogP contribution >= 0.6 is 15.9 Å². The van der Waals surface area contributed by atoms with Crippen LogP contribution < -0.4 is 0 Å². The molecule has 0 saturated carbocycles. The molecule has 17 heavy (non-hydrogen) atoms. The Kier molecular flexibility index (Phi) is 4.68. The highest BCUT2D eigenvalue weighted by molar-refractivity contribution is 9.09. The van der Waals surface area contributed by atoms with E-state index in [4.69, 9.17) is 0 Å². The molecule has 0 bridgehead atoms.